The Kier molecular flexibility index (Phi) is 8.84. The van der Waals surface area contributed by atoms with Gasteiger partial charge in [-0.05, 0) is 44.9 Å². The molecule has 3 N–H and O–H groups in total. The van der Waals surface area contributed by atoms with Crippen LogP contribution < -0.4 is 10.5 Å². The second-order valence-electron chi connectivity index (χ2n) is 5.43. The number of sulfonamides is 1. The minimum atomic E-state index is -3.68. The first kappa shape index (κ1) is 21.9. The van der Waals surface area contributed by atoms with Crippen molar-refractivity contribution in [3.05, 3.63) is 29.8 Å². The first-order valence-electron chi connectivity index (χ1n) is 8.04. The topological polar surface area (TPSA) is 92.5 Å². The predicted octanol–water partition coefficient (Wildman–Crippen LogP) is 1.74. The Morgan fingerprint density at radius 2 is 1.84 bits per heavy atom. The van der Waals surface area contributed by atoms with Gasteiger partial charge in [-0.25, -0.2) is 13.6 Å². The number of nitrogens with one attached hydrogen (secondary N) is 1. The molecule has 0 unspecified atom stereocenters. The van der Waals surface area contributed by atoms with Gasteiger partial charge in [-0.3, -0.25) is 4.79 Å². The molecule has 25 heavy (non-hydrogen) atoms. The standard InChI is InChI=1S/C16H25N3O3S3/c1-4-19(5-2)16(23)24-12(3)15(20)18-11-10-13-6-8-14(9-7-13)25(17,21)22/h6-9,12H,4-5,10-11H2,1-3H3,(H,18,20)(H2,17,21,22)/t12-/m0/s1. The summed E-state index contributed by atoms with van der Waals surface area (Å²) >= 11 is 6.73. The molecular formula is C16H25N3O3S3. The van der Waals surface area contributed by atoms with Crippen LogP contribution in [-0.4, -0.2) is 48.4 Å². The van der Waals surface area contributed by atoms with Gasteiger partial charge >= 0.3 is 0 Å². The number of rotatable bonds is 8. The molecule has 0 aliphatic heterocycles. The van der Waals surface area contributed by atoms with E-state index in [2.05, 4.69) is 5.32 Å². The number of carbonyl (C=O) groups is 1. The van der Waals surface area contributed by atoms with Crippen LogP contribution in [0.2, 0.25) is 0 Å². The highest BCUT2D eigenvalue weighted by molar-refractivity contribution is 8.23. The summed E-state index contributed by atoms with van der Waals surface area (Å²) in [7, 11) is -3.68. The van der Waals surface area contributed by atoms with E-state index < -0.39 is 10.0 Å². The Labute approximate surface area is 159 Å². The van der Waals surface area contributed by atoms with E-state index in [0.717, 1.165) is 23.0 Å². The van der Waals surface area contributed by atoms with Gasteiger partial charge in [0.25, 0.3) is 0 Å². The van der Waals surface area contributed by atoms with Gasteiger partial charge in [0.1, 0.15) is 4.32 Å². The number of hydrogen-bond donors (Lipinski definition) is 2. The molecule has 0 fully saturated rings. The van der Waals surface area contributed by atoms with E-state index in [4.69, 9.17) is 17.4 Å². The maximum absolute atomic E-state index is 12.1. The average Bonchev–Trinajstić information content (AvgIpc) is 2.55. The van der Waals surface area contributed by atoms with E-state index in [0.29, 0.717) is 13.0 Å². The molecule has 1 atom stereocenters. The molecule has 1 aromatic carbocycles. The zero-order valence-corrected chi connectivity index (χ0v) is 17.1. The monoisotopic (exact) mass is 403 g/mol. The van der Waals surface area contributed by atoms with Crippen LogP contribution in [0.1, 0.15) is 26.3 Å². The van der Waals surface area contributed by atoms with Crippen molar-refractivity contribution in [2.24, 2.45) is 5.14 Å². The second-order valence-corrected chi connectivity index (χ2v) is 8.96. The molecule has 0 radical (unpaired) electrons. The Morgan fingerprint density at radius 1 is 1.28 bits per heavy atom. The SMILES string of the molecule is CCN(CC)C(=S)S[C@@H](C)C(=O)NCCc1ccc(S(N)(=O)=O)cc1. The number of thioether (sulfide) groups is 1. The zero-order valence-electron chi connectivity index (χ0n) is 14.7. The zero-order chi connectivity index (χ0) is 19.0. The van der Waals surface area contributed by atoms with Gasteiger partial charge in [0.15, 0.2) is 0 Å². The Bertz CT molecular complexity index is 686. The lowest BCUT2D eigenvalue weighted by atomic mass is 10.1. The molecule has 6 nitrogen and oxygen atoms in total. The fourth-order valence-corrected chi connectivity index (χ4v) is 4.19. The van der Waals surface area contributed by atoms with Gasteiger partial charge in [0.2, 0.25) is 15.9 Å². The molecule has 1 amide bonds. The summed E-state index contributed by atoms with van der Waals surface area (Å²) in [5.74, 6) is -0.0688. The molecule has 0 bridgehead atoms. The van der Waals surface area contributed by atoms with E-state index in [-0.39, 0.29) is 16.1 Å². The molecule has 0 aromatic heterocycles. The third kappa shape index (κ3) is 7.31. The van der Waals surface area contributed by atoms with Crippen molar-refractivity contribution in [1.29, 1.82) is 0 Å². The van der Waals surface area contributed by atoms with Crippen molar-refractivity contribution in [2.45, 2.75) is 37.3 Å². The number of carbonyl (C=O) groups excluding carboxylic acids is 1. The molecular weight excluding hydrogens is 378 g/mol. The largest absolute Gasteiger partial charge is 0.358 e. The highest BCUT2D eigenvalue weighted by Crippen LogP contribution is 2.16. The Hall–Kier alpha value is -1.16. The second kappa shape index (κ2) is 10.1. The molecule has 1 aromatic rings. The van der Waals surface area contributed by atoms with E-state index >= 15 is 0 Å². The molecule has 0 heterocycles. The lowest BCUT2D eigenvalue weighted by Gasteiger charge is -2.22. The quantitative estimate of drug-likeness (QED) is 0.643. The van der Waals surface area contributed by atoms with Crippen LogP contribution in [0.3, 0.4) is 0 Å². The van der Waals surface area contributed by atoms with Crippen molar-refractivity contribution < 1.29 is 13.2 Å². The molecule has 0 saturated carbocycles. The van der Waals surface area contributed by atoms with E-state index in [9.17, 15) is 13.2 Å². The number of thiocarbonyl (C=S) groups is 1. The summed E-state index contributed by atoms with van der Waals surface area (Å²) in [6.07, 6.45) is 0.606. The van der Waals surface area contributed by atoms with Crippen molar-refractivity contribution in [1.82, 2.24) is 10.2 Å². The average molecular weight is 404 g/mol. The maximum Gasteiger partial charge on any atom is 0.238 e. The summed E-state index contributed by atoms with van der Waals surface area (Å²) < 4.78 is 23.1. The van der Waals surface area contributed by atoms with Gasteiger partial charge < -0.3 is 10.2 Å². The van der Waals surface area contributed by atoms with Crippen molar-refractivity contribution in [3.63, 3.8) is 0 Å². The number of nitrogens with zero attached hydrogens (tertiary/aromatic N) is 1. The fourth-order valence-electron chi connectivity index (χ4n) is 2.08. The summed E-state index contributed by atoms with van der Waals surface area (Å²) in [4.78, 5) is 14.3. The van der Waals surface area contributed by atoms with Crippen LogP contribution in [0.4, 0.5) is 0 Å². The van der Waals surface area contributed by atoms with Crippen molar-refractivity contribution in [3.8, 4) is 0 Å². The van der Waals surface area contributed by atoms with Crippen LogP contribution in [0.5, 0.6) is 0 Å². The minimum Gasteiger partial charge on any atom is -0.358 e. The van der Waals surface area contributed by atoms with Gasteiger partial charge in [0, 0.05) is 19.6 Å². The highest BCUT2D eigenvalue weighted by Gasteiger charge is 2.17. The van der Waals surface area contributed by atoms with Gasteiger partial charge in [-0.2, -0.15) is 0 Å². The maximum atomic E-state index is 12.1. The summed E-state index contributed by atoms with van der Waals surface area (Å²) in [5.41, 5.74) is 0.923. The lowest BCUT2D eigenvalue weighted by molar-refractivity contribution is -0.120. The molecule has 0 saturated heterocycles. The number of nitrogens with two attached hydrogens (primary N) is 1. The van der Waals surface area contributed by atoms with Crippen LogP contribution in [0.25, 0.3) is 0 Å². The number of benzene rings is 1. The van der Waals surface area contributed by atoms with Crippen molar-refractivity contribution in [2.75, 3.05) is 19.6 Å². The predicted molar refractivity (Wildman–Crippen MR) is 107 cm³/mol. The van der Waals surface area contributed by atoms with Crippen LogP contribution in [-0.2, 0) is 21.2 Å². The summed E-state index contributed by atoms with van der Waals surface area (Å²) in [6, 6.07) is 6.32. The highest BCUT2D eigenvalue weighted by atomic mass is 32.2. The van der Waals surface area contributed by atoms with Crippen LogP contribution in [0.15, 0.2) is 29.2 Å². The van der Waals surface area contributed by atoms with E-state index in [1.165, 1.54) is 23.9 Å². The summed E-state index contributed by atoms with van der Waals surface area (Å²) in [5, 5.41) is 7.67. The lowest BCUT2D eigenvalue weighted by Crippen LogP contribution is -2.35. The third-order valence-corrected chi connectivity index (χ3v) is 6.14. The first-order chi connectivity index (χ1) is 11.7. The van der Waals surface area contributed by atoms with Gasteiger partial charge in [-0.1, -0.05) is 36.1 Å². The molecule has 0 spiro atoms. The fraction of sp³-hybridized carbons (Fsp3) is 0.500. The smallest absolute Gasteiger partial charge is 0.238 e. The molecule has 0 aliphatic carbocycles. The summed E-state index contributed by atoms with van der Waals surface area (Å²) in [6.45, 7) is 8.01. The van der Waals surface area contributed by atoms with Crippen LogP contribution in [0, 0.1) is 0 Å². The molecule has 9 heteroatoms. The normalized spacial score (nSPS) is 12.5. The Balaban J connectivity index is 2.45. The van der Waals surface area contributed by atoms with E-state index in [1.807, 2.05) is 25.7 Å². The van der Waals surface area contributed by atoms with Crippen molar-refractivity contribution >= 4 is 44.2 Å². The van der Waals surface area contributed by atoms with Gasteiger partial charge in [0.05, 0.1) is 10.1 Å². The Morgan fingerprint density at radius 3 is 2.32 bits per heavy atom. The first-order valence-corrected chi connectivity index (χ1v) is 10.9. The van der Waals surface area contributed by atoms with Gasteiger partial charge in [-0.15, -0.1) is 0 Å². The molecule has 140 valence electrons. The minimum absolute atomic E-state index is 0.0688. The van der Waals surface area contributed by atoms with E-state index in [1.54, 1.807) is 12.1 Å². The number of primary sulfonamides is 1. The van der Waals surface area contributed by atoms with Crippen LogP contribution >= 0.6 is 24.0 Å². The number of amides is 1. The molecule has 1 rings (SSSR count). The molecule has 0 aliphatic rings. The number of hydrogen-bond acceptors (Lipinski definition) is 5. The third-order valence-electron chi connectivity index (χ3n) is 3.63.